The lowest BCUT2D eigenvalue weighted by molar-refractivity contribution is -0.141. The Hall–Kier alpha value is -1.83. The van der Waals surface area contributed by atoms with Crippen LogP contribution in [0.15, 0.2) is 30.3 Å². The first kappa shape index (κ1) is 17.2. The van der Waals surface area contributed by atoms with E-state index < -0.39 is 17.6 Å². The van der Waals surface area contributed by atoms with Crippen LogP contribution < -0.4 is 5.32 Å². The van der Waals surface area contributed by atoms with Gasteiger partial charge < -0.3 is 15.5 Å². The van der Waals surface area contributed by atoms with E-state index in [0.717, 1.165) is 12.0 Å². The van der Waals surface area contributed by atoms with Crippen LogP contribution in [0.4, 0.5) is 0 Å². The van der Waals surface area contributed by atoms with Gasteiger partial charge in [0.25, 0.3) is 0 Å². The predicted octanol–water partition coefficient (Wildman–Crippen LogP) is 1.88. The van der Waals surface area contributed by atoms with Crippen LogP contribution in [0.3, 0.4) is 0 Å². The first-order chi connectivity index (χ1) is 9.85. The van der Waals surface area contributed by atoms with Crippen LogP contribution in [-0.2, 0) is 4.79 Å². The van der Waals surface area contributed by atoms with Crippen molar-refractivity contribution in [2.45, 2.75) is 38.8 Å². The molecule has 4 nitrogen and oxygen atoms in total. The van der Waals surface area contributed by atoms with Crippen LogP contribution in [0.1, 0.15) is 32.8 Å². The molecule has 1 rings (SSSR count). The second kappa shape index (κ2) is 7.82. The van der Waals surface area contributed by atoms with Gasteiger partial charge >= 0.3 is 5.97 Å². The van der Waals surface area contributed by atoms with E-state index in [-0.39, 0.29) is 12.5 Å². The van der Waals surface area contributed by atoms with E-state index in [1.807, 2.05) is 44.2 Å². The second-order valence-corrected chi connectivity index (χ2v) is 5.47. The highest BCUT2D eigenvalue weighted by atomic mass is 16.4. The van der Waals surface area contributed by atoms with Crippen LogP contribution >= 0.6 is 0 Å². The largest absolute Gasteiger partial charge is 0.480 e. The maximum atomic E-state index is 11.2. The minimum absolute atomic E-state index is 0.0135. The molecule has 0 saturated heterocycles. The molecule has 1 aromatic rings. The molecule has 4 heteroatoms. The number of carboxylic acid groups (broad SMARTS) is 1. The summed E-state index contributed by atoms with van der Waals surface area (Å²) in [5.74, 6) is 4.75. The highest BCUT2D eigenvalue weighted by molar-refractivity contribution is 5.73. The van der Waals surface area contributed by atoms with Gasteiger partial charge in [0.05, 0.1) is 0 Å². The van der Waals surface area contributed by atoms with Crippen LogP contribution in [-0.4, -0.2) is 34.4 Å². The molecule has 3 N–H and O–H groups in total. The number of hydrogen-bond acceptors (Lipinski definition) is 3. The van der Waals surface area contributed by atoms with Gasteiger partial charge in [-0.2, -0.15) is 0 Å². The van der Waals surface area contributed by atoms with Crippen LogP contribution in [0, 0.1) is 17.8 Å². The fraction of sp³-hybridized carbons (Fsp3) is 0.471. The minimum atomic E-state index is -1.28. The number of benzene rings is 1. The predicted molar refractivity (Wildman–Crippen MR) is 82.8 cm³/mol. The molecule has 0 fully saturated rings. The van der Waals surface area contributed by atoms with Crippen molar-refractivity contribution in [3.63, 3.8) is 0 Å². The van der Waals surface area contributed by atoms with Crippen molar-refractivity contribution in [1.82, 2.24) is 5.32 Å². The van der Waals surface area contributed by atoms with Gasteiger partial charge in [0.2, 0.25) is 0 Å². The molecule has 0 aliphatic carbocycles. The molecular formula is C17H23NO3. The van der Waals surface area contributed by atoms with Crippen molar-refractivity contribution >= 4 is 5.97 Å². The topological polar surface area (TPSA) is 69.6 Å². The third-order valence-electron chi connectivity index (χ3n) is 3.40. The Labute approximate surface area is 126 Å². The Balaban J connectivity index is 2.68. The Morgan fingerprint density at radius 2 is 2.00 bits per heavy atom. The van der Waals surface area contributed by atoms with Gasteiger partial charge in [-0.15, -0.1) is 0 Å². The number of hydrogen-bond donors (Lipinski definition) is 3. The van der Waals surface area contributed by atoms with Gasteiger partial charge in [-0.25, -0.2) is 0 Å². The summed E-state index contributed by atoms with van der Waals surface area (Å²) in [6.07, 6.45) is 0.752. The number of aliphatic hydroxyl groups is 1. The van der Waals surface area contributed by atoms with Crippen molar-refractivity contribution in [2.75, 3.05) is 6.54 Å². The monoisotopic (exact) mass is 289 g/mol. The van der Waals surface area contributed by atoms with Crippen LogP contribution in [0.25, 0.3) is 0 Å². The molecule has 0 spiro atoms. The molecule has 3 atom stereocenters. The zero-order chi connectivity index (χ0) is 15.9. The molecule has 0 saturated carbocycles. The van der Waals surface area contributed by atoms with E-state index in [1.54, 1.807) is 6.92 Å². The normalized spacial score (nSPS) is 16.2. The Morgan fingerprint density at radius 3 is 2.52 bits per heavy atom. The molecule has 0 aromatic heterocycles. The molecule has 0 aliphatic rings. The zero-order valence-electron chi connectivity index (χ0n) is 12.8. The first-order valence-electron chi connectivity index (χ1n) is 7.12. The Kier molecular flexibility index (Phi) is 6.41. The van der Waals surface area contributed by atoms with Gasteiger partial charge in [0.15, 0.2) is 0 Å². The van der Waals surface area contributed by atoms with Crippen molar-refractivity contribution in [3.8, 4) is 11.8 Å². The third kappa shape index (κ3) is 5.99. The van der Waals surface area contributed by atoms with Crippen molar-refractivity contribution in [1.29, 1.82) is 0 Å². The van der Waals surface area contributed by atoms with E-state index in [1.165, 1.54) is 0 Å². The maximum absolute atomic E-state index is 11.2. The fourth-order valence-corrected chi connectivity index (χ4v) is 1.85. The number of rotatable bonds is 6. The van der Waals surface area contributed by atoms with Crippen molar-refractivity contribution in [2.24, 2.45) is 5.92 Å². The number of aliphatic carboxylic acids is 1. The molecule has 0 radical (unpaired) electrons. The number of carboxylic acids is 1. The summed E-state index contributed by atoms with van der Waals surface area (Å²) in [4.78, 5) is 11.2. The highest BCUT2D eigenvalue weighted by Crippen LogP contribution is 2.09. The average molecular weight is 289 g/mol. The molecule has 0 aliphatic heterocycles. The summed E-state index contributed by atoms with van der Waals surface area (Å²) >= 11 is 0. The quantitative estimate of drug-likeness (QED) is 0.699. The van der Waals surface area contributed by atoms with Gasteiger partial charge in [-0.05, 0) is 25.0 Å². The van der Waals surface area contributed by atoms with Crippen LogP contribution in [0.2, 0.25) is 0 Å². The fourth-order valence-electron chi connectivity index (χ4n) is 1.85. The molecule has 0 bridgehead atoms. The average Bonchev–Trinajstić information content (AvgIpc) is 2.45. The lowest BCUT2D eigenvalue weighted by Crippen LogP contribution is -2.48. The van der Waals surface area contributed by atoms with Gasteiger partial charge in [-0.3, -0.25) is 4.79 Å². The summed E-state index contributed by atoms with van der Waals surface area (Å²) in [6, 6.07) is 8.68. The molecule has 0 unspecified atom stereocenters. The van der Waals surface area contributed by atoms with E-state index in [9.17, 15) is 15.0 Å². The molecule has 0 heterocycles. The second-order valence-electron chi connectivity index (χ2n) is 5.47. The standard InChI is InChI=1S/C17H23NO3/c1-4-13(2)15(16(19)20)18-12-17(3,21)11-10-14-8-6-5-7-9-14/h5-9,13,15,18,21H,4,12H2,1-3H3,(H,19,20)/t13-,15-,17+/m0/s1. The van der Waals surface area contributed by atoms with E-state index in [4.69, 9.17) is 0 Å². The third-order valence-corrected chi connectivity index (χ3v) is 3.40. The first-order valence-corrected chi connectivity index (χ1v) is 7.12. The Morgan fingerprint density at radius 1 is 1.38 bits per heavy atom. The number of carbonyl (C=O) groups is 1. The highest BCUT2D eigenvalue weighted by Gasteiger charge is 2.26. The van der Waals surface area contributed by atoms with E-state index >= 15 is 0 Å². The van der Waals surface area contributed by atoms with Crippen LogP contribution in [0.5, 0.6) is 0 Å². The molecule has 0 amide bonds. The molecule has 114 valence electrons. The SMILES string of the molecule is CC[C@H](C)[C@H](NC[C@](C)(O)C#Cc1ccccc1)C(=O)O. The van der Waals surface area contributed by atoms with Gasteiger partial charge in [-0.1, -0.05) is 50.3 Å². The van der Waals surface area contributed by atoms with E-state index in [2.05, 4.69) is 17.2 Å². The minimum Gasteiger partial charge on any atom is -0.480 e. The van der Waals surface area contributed by atoms with E-state index in [0.29, 0.717) is 0 Å². The zero-order valence-corrected chi connectivity index (χ0v) is 12.8. The van der Waals surface area contributed by atoms with Crippen molar-refractivity contribution < 1.29 is 15.0 Å². The maximum Gasteiger partial charge on any atom is 0.320 e. The molecule has 1 aromatic carbocycles. The van der Waals surface area contributed by atoms with Gasteiger partial charge in [0, 0.05) is 12.1 Å². The lowest BCUT2D eigenvalue weighted by Gasteiger charge is -2.24. The molecule has 21 heavy (non-hydrogen) atoms. The molecular weight excluding hydrogens is 266 g/mol. The summed E-state index contributed by atoms with van der Waals surface area (Å²) in [5.41, 5.74) is -0.466. The summed E-state index contributed by atoms with van der Waals surface area (Å²) < 4.78 is 0. The summed E-state index contributed by atoms with van der Waals surface area (Å²) in [7, 11) is 0. The van der Waals surface area contributed by atoms with Gasteiger partial charge in [0.1, 0.15) is 11.6 Å². The summed E-state index contributed by atoms with van der Waals surface area (Å²) in [6.45, 7) is 5.49. The Bertz CT molecular complexity index is 514. The summed E-state index contributed by atoms with van der Waals surface area (Å²) in [5, 5.41) is 22.3. The smallest absolute Gasteiger partial charge is 0.320 e. The number of nitrogens with one attached hydrogen (secondary N) is 1. The lowest BCUT2D eigenvalue weighted by atomic mass is 9.98. The van der Waals surface area contributed by atoms with Crippen molar-refractivity contribution in [3.05, 3.63) is 35.9 Å².